The van der Waals surface area contributed by atoms with Crippen LogP contribution in [0.5, 0.6) is 0 Å². The highest BCUT2D eigenvalue weighted by Crippen LogP contribution is 2.12. The third-order valence-electron chi connectivity index (χ3n) is 2.92. The van der Waals surface area contributed by atoms with Crippen LogP contribution >= 0.6 is 24.0 Å². The Hall–Kier alpha value is -1.38. The average molecular weight is 434 g/mol. The molecule has 0 aliphatic heterocycles. The molecule has 2 N–H and O–H groups in total. The van der Waals surface area contributed by atoms with Crippen molar-refractivity contribution in [2.75, 3.05) is 13.1 Å². The standard InChI is InChI=1S/C16H26N4O2.HI/c1-12(2)9-17-16(18-10-13(3)4)19-11-14-5-7-15(8-6-14)20(21)22;/h5-8,12-13H,9-11H2,1-4H3,(H2,17,18,19);1H. The third-order valence-corrected chi connectivity index (χ3v) is 2.92. The molecule has 1 rings (SSSR count). The molecule has 0 amide bonds. The van der Waals surface area contributed by atoms with Gasteiger partial charge in [-0.2, -0.15) is 0 Å². The summed E-state index contributed by atoms with van der Waals surface area (Å²) in [6, 6.07) is 6.50. The van der Waals surface area contributed by atoms with Gasteiger partial charge < -0.3 is 10.6 Å². The van der Waals surface area contributed by atoms with Crippen molar-refractivity contribution in [3.63, 3.8) is 0 Å². The summed E-state index contributed by atoms with van der Waals surface area (Å²) >= 11 is 0. The molecule has 6 nitrogen and oxygen atoms in total. The van der Waals surface area contributed by atoms with Crippen LogP contribution in [0, 0.1) is 22.0 Å². The summed E-state index contributed by atoms with van der Waals surface area (Å²) in [7, 11) is 0. The van der Waals surface area contributed by atoms with Crippen molar-refractivity contribution in [2.24, 2.45) is 16.8 Å². The lowest BCUT2D eigenvalue weighted by atomic mass is 10.2. The predicted molar refractivity (Wildman–Crippen MR) is 105 cm³/mol. The number of hydrogen-bond donors (Lipinski definition) is 2. The Labute approximate surface area is 155 Å². The molecule has 23 heavy (non-hydrogen) atoms. The molecule has 1 aromatic carbocycles. The minimum absolute atomic E-state index is 0. The minimum Gasteiger partial charge on any atom is -0.356 e. The highest BCUT2D eigenvalue weighted by Gasteiger charge is 2.05. The van der Waals surface area contributed by atoms with Crippen molar-refractivity contribution in [3.8, 4) is 0 Å². The Morgan fingerprint density at radius 3 is 1.96 bits per heavy atom. The second-order valence-electron chi connectivity index (χ2n) is 6.14. The average Bonchev–Trinajstić information content (AvgIpc) is 2.46. The fourth-order valence-electron chi connectivity index (χ4n) is 1.67. The first-order chi connectivity index (χ1) is 10.4. The number of benzene rings is 1. The molecule has 0 aromatic heterocycles. The fourth-order valence-corrected chi connectivity index (χ4v) is 1.67. The van der Waals surface area contributed by atoms with Gasteiger partial charge in [-0.25, -0.2) is 4.99 Å². The van der Waals surface area contributed by atoms with E-state index in [1.807, 2.05) is 0 Å². The molecule has 0 saturated carbocycles. The molecule has 0 unspecified atom stereocenters. The van der Waals surface area contributed by atoms with Gasteiger partial charge in [-0.15, -0.1) is 24.0 Å². The van der Waals surface area contributed by atoms with Crippen molar-refractivity contribution in [1.29, 1.82) is 0 Å². The largest absolute Gasteiger partial charge is 0.356 e. The maximum atomic E-state index is 10.6. The Morgan fingerprint density at radius 2 is 1.57 bits per heavy atom. The Kier molecular flexibility index (Phi) is 10.5. The van der Waals surface area contributed by atoms with Gasteiger partial charge in [0.1, 0.15) is 0 Å². The van der Waals surface area contributed by atoms with Gasteiger partial charge in [0, 0.05) is 25.2 Å². The first-order valence-corrected chi connectivity index (χ1v) is 7.64. The molecule has 0 atom stereocenters. The highest BCUT2D eigenvalue weighted by atomic mass is 127. The number of aliphatic imine (C=N–C) groups is 1. The van der Waals surface area contributed by atoms with E-state index in [4.69, 9.17) is 0 Å². The van der Waals surface area contributed by atoms with Gasteiger partial charge in [0.15, 0.2) is 5.96 Å². The van der Waals surface area contributed by atoms with Crippen LogP contribution in [-0.4, -0.2) is 24.0 Å². The molecule has 7 heteroatoms. The van der Waals surface area contributed by atoms with Crippen molar-refractivity contribution in [3.05, 3.63) is 39.9 Å². The number of non-ortho nitro benzene ring substituents is 1. The van der Waals surface area contributed by atoms with Crippen LogP contribution in [0.4, 0.5) is 5.69 Å². The van der Waals surface area contributed by atoms with Gasteiger partial charge in [-0.1, -0.05) is 39.8 Å². The van der Waals surface area contributed by atoms with Gasteiger partial charge in [-0.3, -0.25) is 10.1 Å². The molecular formula is C16H27IN4O2. The number of nitrogens with zero attached hydrogens (tertiary/aromatic N) is 2. The van der Waals surface area contributed by atoms with Crippen LogP contribution in [0.15, 0.2) is 29.3 Å². The maximum Gasteiger partial charge on any atom is 0.269 e. The zero-order chi connectivity index (χ0) is 16.5. The SMILES string of the molecule is CC(C)CNC(=NCc1ccc([N+](=O)[O-])cc1)NCC(C)C.I. The molecular weight excluding hydrogens is 407 g/mol. The Morgan fingerprint density at radius 1 is 1.09 bits per heavy atom. The van der Waals surface area contributed by atoms with E-state index in [1.165, 1.54) is 12.1 Å². The first kappa shape index (κ1) is 21.6. The van der Waals surface area contributed by atoms with Crippen molar-refractivity contribution in [2.45, 2.75) is 34.2 Å². The first-order valence-electron chi connectivity index (χ1n) is 7.64. The molecule has 0 fully saturated rings. The van der Waals surface area contributed by atoms with Crippen LogP contribution in [0.3, 0.4) is 0 Å². The topological polar surface area (TPSA) is 79.6 Å². The monoisotopic (exact) mass is 434 g/mol. The summed E-state index contributed by atoms with van der Waals surface area (Å²) in [6.45, 7) is 10.8. The van der Waals surface area contributed by atoms with E-state index in [2.05, 4.69) is 43.3 Å². The fraction of sp³-hybridized carbons (Fsp3) is 0.562. The van der Waals surface area contributed by atoms with E-state index >= 15 is 0 Å². The van der Waals surface area contributed by atoms with E-state index in [1.54, 1.807) is 12.1 Å². The summed E-state index contributed by atoms with van der Waals surface area (Å²) in [6.07, 6.45) is 0. The predicted octanol–water partition coefficient (Wildman–Crippen LogP) is 3.56. The molecule has 0 heterocycles. The molecule has 0 saturated heterocycles. The summed E-state index contributed by atoms with van der Waals surface area (Å²) in [5.41, 5.74) is 1.05. The Balaban J connectivity index is 0.00000484. The molecule has 130 valence electrons. The lowest BCUT2D eigenvalue weighted by molar-refractivity contribution is -0.384. The summed E-state index contributed by atoms with van der Waals surface area (Å²) in [4.78, 5) is 14.8. The van der Waals surface area contributed by atoms with Gasteiger partial charge in [-0.05, 0) is 17.4 Å². The van der Waals surface area contributed by atoms with Gasteiger partial charge in [0.05, 0.1) is 11.5 Å². The summed E-state index contributed by atoms with van der Waals surface area (Å²) < 4.78 is 0. The van der Waals surface area contributed by atoms with E-state index in [9.17, 15) is 10.1 Å². The lowest BCUT2D eigenvalue weighted by Gasteiger charge is -2.15. The van der Waals surface area contributed by atoms with E-state index in [-0.39, 0.29) is 29.7 Å². The van der Waals surface area contributed by atoms with Crippen LogP contribution in [0.1, 0.15) is 33.3 Å². The van der Waals surface area contributed by atoms with Crippen LogP contribution in [0.25, 0.3) is 0 Å². The zero-order valence-electron chi connectivity index (χ0n) is 14.2. The maximum absolute atomic E-state index is 10.6. The molecule has 1 aromatic rings. The van der Waals surface area contributed by atoms with Crippen molar-refractivity contribution in [1.82, 2.24) is 10.6 Å². The molecule has 0 aliphatic rings. The molecule has 0 bridgehead atoms. The molecule has 0 radical (unpaired) electrons. The third kappa shape index (κ3) is 9.37. The number of halogens is 1. The number of rotatable bonds is 7. The van der Waals surface area contributed by atoms with Gasteiger partial charge in [0.2, 0.25) is 0 Å². The smallest absolute Gasteiger partial charge is 0.269 e. The van der Waals surface area contributed by atoms with Crippen molar-refractivity contribution < 1.29 is 4.92 Å². The number of nitro groups is 1. The normalized spacial score (nSPS) is 10.2. The zero-order valence-corrected chi connectivity index (χ0v) is 16.5. The van der Waals surface area contributed by atoms with Crippen LogP contribution in [-0.2, 0) is 6.54 Å². The second-order valence-corrected chi connectivity index (χ2v) is 6.14. The number of guanidine groups is 1. The number of nitrogens with one attached hydrogen (secondary N) is 2. The lowest BCUT2D eigenvalue weighted by Crippen LogP contribution is -2.40. The molecule has 0 spiro atoms. The summed E-state index contributed by atoms with van der Waals surface area (Å²) in [5, 5.41) is 17.2. The second kappa shape index (κ2) is 11.2. The van der Waals surface area contributed by atoms with Crippen LogP contribution < -0.4 is 10.6 Å². The van der Waals surface area contributed by atoms with E-state index in [0.29, 0.717) is 18.4 Å². The van der Waals surface area contributed by atoms with Gasteiger partial charge in [0.25, 0.3) is 5.69 Å². The van der Waals surface area contributed by atoms with E-state index in [0.717, 1.165) is 24.6 Å². The highest BCUT2D eigenvalue weighted by molar-refractivity contribution is 14.0. The number of hydrogen-bond acceptors (Lipinski definition) is 3. The summed E-state index contributed by atoms with van der Waals surface area (Å²) in [5.74, 6) is 1.84. The van der Waals surface area contributed by atoms with Crippen molar-refractivity contribution >= 4 is 35.6 Å². The molecule has 0 aliphatic carbocycles. The number of nitro benzene ring substituents is 1. The van der Waals surface area contributed by atoms with Crippen LogP contribution in [0.2, 0.25) is 0 Å². The van der Waals surface area contributed by atoms with E-state index < -0.39 is 4.92 Å². The van der Waals surface area contributed by atoms with Gasteiger partial charge >= 0.3 is 0 Å². The minimum atomic E-state index is -0.396. The quantitative estimate of drug-likeness (QED) is 0.226. The Bertz CT molecular complexity index is 487.